The summed E-state index contributed by atoms with van der Waals surface area (Å²) >= 11 is 0. The molecule has 0 spiro atoms. The molecule has 0 aromatic heterocycles. The van der Waals surface area contributed by atoms with Crippen molar-refractivity contribution in [3.8, 4) is 0 Å². The number of carbonyl (C=O) groups excluding carboxylic acids is 1. The van der Waals surface area contributed by atoms with Crippen LogP contribution < -0.4 is 0 Å². The molecule has 17 heavy (non-hydrogen) atoms. The Kier molecular flexibility index (Phi) is 3.66. The van der Waals surface area contributed by atoms with E-state index in [1.807, 2.05) is 0 Å². The topological polar surface area (TPSA) is 66.8 Å². The fraction of sp³-hybridized carbons (Fsp3) is 0.833. The van der Waals surface area contributed by atoms with E-state index in [0.29, 0.717) is 32.0 Å². The van der Waals surface area contributed by atoms with Crippen LogP contribution in [0.15, 0.2) is 0 Å². The van der Waals surface area contributed by atoms with Gasteiger partial charge in [0.1, 0.15) is 0 Å². The molecule has 1 heterocycles. The van der Waals surface area contributed by atoms with Crippen molar-refractivity contribution in [3.63, 3.8) is 0 Å². The summed E-state index contributed by atoms with van der Waals surface area (Å²) in [6, 6.07) is 0. The third-order valence-electron chi connectivity index (χ3n) is 3.78. The molecule has 0 aromatic rings. The molecule has 5 nitrogen and oxygen atoms in total. The number of carboxylic acids is 1. The van der Waals surface area contributed by atoms with Gasteiger partial charge >= 0.3 is 5.97 Å². The summed E-state index contributed by atoms with van der Waals surface area (Å²) in [6.45, 7) is 1.39. The highest BCUT2D eigenvalue weighted by Crippen LogP contribution is 2.44. The highest BCUT2D eigenvalue weighted by Gasteiger charge is 2.46. The average molecular weight is 241 g/mol. The van der Waals surface area contributed by atoms with Crippen LogP contribution in [0.1, 0.15) is 19.3 Å². The molecule has 2 fully saturated rings. The van der Waals surface area contributed by atoms with Gasteiger partial charge in [-0.05, 0) is 24.7 Å². The molecule has 1 aliphatic heterocycles. The first-order valence-corrected chi connectivity index (χ1v) is 6.13. The summed E-state index contributed by atoms with van der Waals surface area (Å²) in [5.74, 6) is -0.422. The predicted octanol–water partition coefficient (Wildman–Crippen LogP) is 0.592. The first kappa shape index (κ1) is 12.4. The quantitative estimate of drug-likeness (QED) is 0.765. The maximum Gasteiger partial charge on any atom is 0.308 e. The van der Waals surface area contributed by atoms with Crippen molar-refractivity contribution in [2.75, 3.05) is 26.8 Å². The van der Waals surface area contributed by atoms with Crippen molar-refractivity contribution in [2.45, 2.75) is 19.3 Å². The SMILES string of the molecule is COCCC(=O)N1C[C@H](C(=O)O)[C@@H](C2CC2)C1. The molecule has 1 N–H and O–H groups in total. The molecule has 5 heteroatoms. The second-order valence-electron chi connectivity index (χ2n) is 4.99. The highest BCUT2D eigenvalue weighted by molar-refractivity contribution is 5.79. The number of amides is 1. The highest BCUT2D eigenvalue weighted by atomic mass is 16.5. The van der Waals surface area contributed by atoms with Crippen LogP contribution in [-0.2, 0) is 14.3 Å². The molecule has 96 valence electrons. The van der Waals surface area contributed by atoms with Crippen molar-refractivity contribution in [3.05, 3.63) is 0 Å². The molecule has 2 atom stereocenters. The van der Waals surface area contributed by atoms with Crippen LogP contribution in [0.4, 0.5) is 0 Å². The second-order valence-corrected chi connectivity index (χ2v) is 4.99. The van der Waals surface area contributed by atoms with E-state index in [4.69, 9.17) is 4.74 Å². The normalized spacial score (nSPS) is 28.4. The predicted molar refractivity (Wildman–Crippen MR) is 60.4 cm³/mol. The van der Waals surface area contributed by atoms with Gasteiger partial charge in [-0.3, -0.25) is 9.59 Å². The van der Waals surface area contributed by atoms with E-state index in [1.54, 1.807) is 12.0 Å². The zero-order valence-corrected chi connectivity index (χ0v) is 10.1. The smallest absolute Gasteiger partial charge is 0.308 e. The van der Waals surface area contributed by atoms with E-state index in [-0.39, 0.29) is 17.7 Å². The molecule has 0 radical (unpaired) electrons. The summed E-state index contributed by atoms with van der Waals surface area (Å²) in [5, 5.41) is 9.17. The number of hydrogen-bond acceptors (Lipinski definition) is 3. The molecular formula is C12H19NO4. The van der Waals surface area contributed by atoms with Gasteiger partial charge in [-0.1, -0.05) is 0 Å². The van der Waals surface area contributed by atoms with E-state index in [1.165, 1.54) is 0 Å². The average Bonchev–Trinajstić information content (AvgIpc) is 3.04. The molecule has 1 saturated carbocycles. The number of rotatable bonds is 5. The third kappa shape index (κ3) is 2.77. The fourth-order valence-corrected chi connectivity index (χ4v) is 2.64. The lowest BCUT2D eigenvalue weighted by Crippen LogP contribution is -2.30. The Balaban J connectivity index is 1.93. The zero-order chi connectivity index (χ0) is 12.4. The summed E-state index contributed by atoms with van der Waals surface area (Å²) in [7, 11) is 1.56. The van der Waals surface area contributed by atoms with Gasteiger partial charge in [0.25, 0.3) is 0 Å². The van der Waals surface area contributed by atoms with Crippen LogP contribution in [0.5, 0.6) is 0 Å². The Labute approximate surface area is 101 Å². The van der Waals surface area contributed by atoms with Gasteiger partial charge in [0.05, 0.1) is 18.9 Å². The Morgan fingerprint density at radius 2 is 2.06 bits per heavy atom. The van der Waals surface area contributed by atoms with Crippen LogP contribution >= 0.6 is 0 Å². The van der Waals surface area contributed by atoms with E-state index < -0.39 is 5.97 Å². The minimum absolute atomic E-state index is 0.0150. The van der Waals surface area contributed by atoms with E-state index in [2.05, 4.69) is 0 Å². The number of carboxylic acid groups (broad SMARTS) is 1. The number of ether oxygens (including phenoxy) is 1. The van der Waals surface area contributed by atoms with Gasteiger partial charge in [0.15, 0.2) is 0 Å². The molecule has 1 amide bonds. The van der Waals surface area contributed by atoms with Gasteiger partial charge in [-0.2, -0.15) is 0 Å². The maximum atomic E-state index is 11.8. The minimum Gasteiger partial charge on any atom is -0.481 e. The largest absolute Gasteiger partial charge is 0.481 e. The van der Waals surface area contributed by atoms with Gasteiger partial charge in [0, 0.05) is 20.2 Å². The van der Waals surface area contributed by atoms with Gasteiger partial charge < -0.3 is 14.7 Å². The van der Waals surface area contributed by atoms with E-state index >= 15 is 0 Å². The number of methoxy groups -OCH3 is 1. The summed E-state index contributed by atoms with van der Waals surface area (Å²) in [5.41, 5.74) is 0. The van der Waals surface area contributed by atoms with Crippen molar-refractivity contribution in [1.29, 1.82) is 0 Å². The minimum atomic E-state index is -0.760. The molecule has 1 saturated heterocycles. The Bertz CT molecular complexity index is 314. The van der Waals surface area contributed by atoms with E-state index in [0.717, 1.165) is 12.8 Å². The first-order chi connectivity index (χ1) is 8.13. The number of nitrogens with zero attached hydrogens (tertiary/aromatic N) is 1. The fourth-order valence-electron chi connectivity index (χ4n) is 2.64. The summed E-state index contributed by atoms with van der Waals surface area (Å²) in [6.07, 6.45) is 2.59. The number of likely N-dealkylation sites (tertiary alicyclic amines) is 1. The molecule has 0 bridgehead atoms. The molecule has 0 aromatic carbocycles. The number of carbonyl (C=O) groups is 2. The third-order valence-corrected chi connectivity index (χ3v) is 3.78. The number of hydrogen-bond donors (Lipinski definition) is 1. The molecular weight excluding hydrogens is 222 g/mol. The molecule has 1 aliphatic carbocycles. The van der Waals surface area contributed by atoms with Crippen molar-refractivity contribution < 1.29 is 19.4 Å². The molecule has 2 aliphatic rings. The standard InChI is InChI=1S/C12H19NO4/c1-17-5-4-11(14)13-6-9(8-2-3-8)10(7-13)12(15)16/h8-10H,2-7H2,1H3,(H,15,16)/t9-,10+/m1/s1. The zero-order valence-electron chi connectivity index (χ0n) is 10.1. The number of aliphatic carboxylic acids is 1. The summed E-state index contributed by atoms with van der Waals surface area (Å²) in [4.78, 5) is 24.7. The lowest BCUT2D eigenvalue weighted by molar-refractivity contribution is -0.142. The lowest BCUT2D eigenvalue weighted by Gasteiger charge is -2.15. The van der Waals surface area contributed by atoms with Crippen LogP contribution in [0.2, 0.25) is 0 Å². The Morgan fingerprint density at radius 1 is 1.35 bits per heavy atom. The van der Waals surface area contributed by atoms with Crippen LogP contribution in [0, 0.1) is 17.8 Å². The molecule has 0 unspecified atom stereocenters. The van der Waals surface area contributed by atoms with Crippen molar-refractivity contribution in [1.82, 2.24) is 4.90 Å². The lowest BCUT2D eigenvalue weighted by atomic mass is 9.92. The summed E-state index contributed by atoms with van der Waals surface area (Å²) < 4.78 is 4.87. The van der Waals surface area contributed by atoms with E-state index in [9.17, 15) is 14.7 Å². The monoisotopic (exact) mass is 241 g/mol. The van der Waals surface area contributed by atoms with Crippen LogP contribution in [0.3, 0.4) is 0 Å². The van der Waals surface area contributed by atoms with Crippen molar-refractivity contribution >= 4 is 11.9 Å². The van der Waals surface area contributed by atoms with Gasteiger partial charge in [-0.25, -0.2) is 0 Å². The Morgan fingerprint density at radius 3 is 2.59 bits per heavy atom. The first-order valence-electron chi connectivity index (χ1n) is 6.13. The second kappa shape index (κ2) is 5.04. The van der Waals surface area contributed by atoms with Crippen molar-refractivity contribution in [2.24, 2.45) is 17.8 Å². The van der Waals surface area contributed by atoms with Crippen LogP contribution in [0.25, 0.3) is 0 Å². The Hall–Kier alpha value is -1.10. The van der Waals surface area contributed by atoms with Gasteiger partial charge in [-0.15, -0.1) is 0 Å². The molecule has 2 rings (SSSR count). The van der Waals surface area contributed by atoms with Gasteiger partial charge in [0.2, 0.25) is 5.91 Å². The van der Waals surface area contributed by atoms with Crippen LogP contribution in [-0.4, -0.2) is 48.7 Å². The maximum absolute atomic E-state index is 11.8.